The van der Waals surface area contributed by atoms with Gasteiger partial charge in [0.15, 0.2) is 0 Å². The third kappa shape index (κ3) is 3.87. The Morgan fingerprint density at radius 3 is 2.40 bits per heavy atom. The molecule has 0 unspecified atom stereocenters. The molecule has 7 nitrogen and oxygen atoms in total. The number of amides is 1. The van der Waals surface area contributed by atoms with Crippen LogP contribution in [0.2, 0.25) is 0 Å². The second-order valence-electron chi connectivity index (χ2n) is 6.69. The maximum absolute atomic E-state index is 11.8. The standard InChI is InChI=1S/C18H24N6O/c1-12(2)16-20-17(22-18(21-16)23(3)4)19-13-7-9-14(10-8-13)24-11-5-6-15(24)25/h7-10,12H,5-6,11H2,1-4H3,(H,19,20,21,22). The maximum atomic E-state index is 11.8. The lowest BCUT2D eigenvalue weighted by atomic mass is 10.2. The van der Waals surface area contributed by atoms with E-state index in [0.29, 0.717) is 18.3 Å². The van der Waals surface area contributed by atoms with Gasteiger partial charge in [0.2, 0.25) is 17.8 Å². The Morgan fingerprint density at radius 2 is 1.84 bits per heavy atom. The van der Waals surface area contributed by atoms with Crippen LogP contribution in [0.5, 0.6) is 0 Å². The molecule has 1 aliphatic heterocycles. The second kappa shape index (κ2) is 7.04. The van der Waals surface area contributed by atoms with Gasteiger partial charge in [0.1, 0.15) is 5.82 Å². The van der Waals surface area contributed by atoms with E-state index in [1.54, 1.807) is 0 Å². The molecule has 0 atom stereocenters. The van der Waals surface area contributed by atoms with E-state index < -0.39 is 0 Å². The SMILES string of the molecule is CC(C)c1nc(Nc2ccc(N3CCCC3=O)cc2)nc(N(C)C)n1. The summed E-state index contributed by atoms with van der Waals surface area (Å²) < 4.78 is 0. The molecule has 2 aromatic rings. The van der Waals surface area contributed by atoms with E-state index in [1.165, 1.54) is 0 Å². The van der Waals surface area contributed by atoms with Gasteiger partial charge in [-0.15, -0.1) is 0 Å². The first-order valence-corrected chi connectivity index (χ1v) is 8.55. The van der Waals surface area contributed by atoms with Gasteiger partial charge in [-0.05, 0) is 30.7 Å². The number of carbonyl (C=O) groups is 1. The van der Waals surface area contributed by atoms with Crippen molar-refractivity contribution in [1.82, 2.24) is 15.0 Å². The molecule has 0 aliphatic carbocycles. The van der Waals surface area contributed by atoms with Gasteiger partial charge in [0.05, 0.1) is 0 Å². The average Bonchev–Trinajstić information content (AvgIpc) is 3.01. The van der Waals surface area contributed by atoms with E-state index in [4.69, 9.17) is 0 Å². The molecule has 1 fully saturated rings. The van der Waals surface area contributed by atoms with E-state index in [2.05, 4.69) is 34.1 Å². The molecule has 0 bridgehead atoms. The molecule has 1 aliphatic rings. The van der Waals surface area contributed by atoms with Gasteiger partial charge in [-0.1, -0.05) is 13.8 Å². The van der Waals surface area contributed by atoms with Crippen molar-refractivity contribution in [2.75, 3.05) is 35.8 Å². The molecule has 1 aromatic carbocycles. The number of hydrogen-bond donors (Lipinski definition) is 1. The number of carbonyl (C=O) groups excluding carboxylic acids is 1. The van der Waals surface area contributed by atoms with Crippen molar-refractivity contribution in [3.8, 4) is 0 Å². The summed E-state index contributed by atoms with van der Waals surface area (Å²) in [7, 11) is 3.82. The second-order valence-corrected chi connectivity index (χ2v) is 6.69. The Morgan fingerprint density at radius 1 is 1.12 bits per heavy atom. The molecule has 0 radical (unpaired) electrons. The zero-order chi connectivity index (χ0) is 18.0. The normalized spacial score (nSPS) is 14.3. The van der Waals surface area contributed by atoms with Crippen LogP contribution in [0, 0.1) is 0 Å². The Labute approximate surface area is 148 Å². The third-order valence-electron chi connectivity index (χ3n) is 4.07. The molecular formula is C18H24N6O. The molecule has 2 heterocycles. The summed E-state index contributed by atoms with van der Waals surface area (Å²) in [5.41, 5.74) is 1.81. The molecule has 1 saturated heterocycles. The van der Waals surface area contributed by atoms with Crippen LogP contribution in [-0.2, 0) is 4.79 Å². The fourth-order valence-electron chi connectivity index (χ4n) is 2.67. The Hall–Kier alpha value is -2.70. The summed E-state index contributed by atoms with van der Waals surface area (Å²) in [6.07, 6.45) is 1.56. The number of anilines is 4. The Bertz CT molecular complexity index is 730. The van der Waals surface area contributed by atoms with Crippen molar-refractivity contribution < 1.29 is 4.79 Å². The molecule has 25 heavy (non-hydrogen) atoms. The zero-order valence-corrected chi connectivity index (χ0v) is 15.2. The summed E-state index contributed by atoms with van der Waals surface area (Å²) >= 11 is 0. The number of nitrogens with zero attached hydrogens (tertiary/aromatic N) is 5. The van der Waals surface area contributed by atoms with Crippen LogP contribution in [0.15, 0.2) is 24.3 Å². The first-order chi connectivity index (χ1) is 11.9. The summed E-state index contributed by atoms with van der Waals surface area (Å²) in [6, 6.07) is 7.77. The summed E-state index contributed by atoms with van der Waals surface area (Å²) in [4.78, 5) is 28.9. The lowest BCUT2D eigenvalue weighted by Crippen LogP contribution is -2.23. The maximum Gasteiger partial charge on any atom is 0.232 e. The van der Waals surface area contributed by atoms with Crippen molar-refractivity contribution in [2.24, 2.45) is 0 Å². The quantitative estimate of drug-likeness (QED) is 0.902. The largest absolute Gasteiger partial charge is 0.347 e. The van der Waals surface area contributed by atoms with Gasteiger partial charge >= 0.3 is 0 Å². The van der Waals surface area contributed by atoms with E-state index >= 15 is 0 Å². The van der Waals surface area contributed by atoms with E-state index in [1.807, 2.05) is 48.2 Å². The number of rotatable bonds is 5. The van der Waals surface area contributed by atoms with Gasteiger partial charge < -0.3 is 15.1 Å². The molecule has 1 N–H and O–H groups in total. The van der Waals surface area contributed by atoms with Gasteiger partial charge in [-0.3, -0.25) is 4.79 Å². The molecule has 3 rings (SSSR count). The Kier molecular flexibility index (Phi) is 4.83. The zero-order valence-electron chi connectivity index (χ0n) is 15.2. The average molecular weight is 340 g/mol. The van der Waals surface area contributed by atoms with E-state index in [9.17, 15) is 4.79 Å². The highest BCUT2D eigenvalue weighted by molar-refractivity contribution is 5.95. The molecule has 0 spiro atoms. The molecule has 0 saturated carbocycles. The van der Waals surface area contributed by atoms with Crippen LogP contribution in [0.25, 0.3) is 0 Å². The minimum Gasteiger partial charge on any atom is -0.347 e. The number of nitrogens with one attached hydrogen (secondary N) is 1. The highest BCUT2D eigenvalue weighted by Gasteiger charge is 2.21. The third-order valence-corrected chi connectivity index (χ3v) is 4.07. The van der Waals surface area contributed by atoms with Crippen LogP contribution in [0.4, 0.5) is 23.3 Å². The van der Waals surface area contributed by atoms with Crippen LogP contribution in [0.1, 0.15) is 38.4 Å². The van der Waals surface area contributed by atoms with Crippen molar-refractivity contribution in [1.29, 1.82) is 0 Å². The van der Waals surface area contributed by atoms with Gasteiger partial charge in [-0.2, -0.15) is 15.0 Å². The number of aromatic nitrogens is 3. The van der Waals surface area contributed by atoms with Gasteiger partial charge in [0, 0.05) is 44.4 Å². The lowest BCUT2D eigenvalue weighted by molar-refractivity contribution is -0.117. The highest BCUT2D eigenvalue weighted by atomic mass is 16.2. The van der Waals surface area contributed by atoms with Crippen LogP contribution >= 0.6 is 0 Å². The topological polar surface area (TPSA) is 74.2 Å². The van der Waals surface area contributed by atoms with E-state index in [-0.39, 0.29) is 11.8 Å². The van der Waals surface area contributed by atoms with Crippen LogP contribution < -0.4 is 15.1 Å². The minimum atomic E-state index is 0.190. The fraction of sp³-hybridized carbons (Fsp3) is 0.444. The van der Waals surface area contributed by atoms with E-state index in [0.717, 1.165) is 30.2 Å². The fourth-order valence-corrected chi connectivity index (χ4v) is 2.67. The molecule has 1 aromatic heterocycles. The highest BCUT2D eigenvalue weighted by Crippen LogP contribution is 2.24. The lowest BCUT2D eigenvalue weighted by Gasteiger charge is -2.17. The molecule has 132 valence electrons. The first kappa shape index (κ1) is 17.1. The Balaban J connectivity index is 1.81. The van der Waals surface area contributed by atoms with Crippen molar-refractivity contribution >= 4 is 29.2 Å². The van der Waals surface area contributed by atoms with Gasteiger partial charge in [-0.25, -0.2) is 0 Å². The first-order valence-electron chi connectivity index (χ1n) is 8.55. The van der Waals surface area contributed by atoms with Crippen molar-refractivity contribution in [3.63, 3.8) is 0 Å². The number of hydrogen-bond acceptors (Lipinski definition) is 6. The molecular weight excluding hydrogens is 316 g/mol. The number of benzene rings is 1. The summed E-state index contributed by atoms with van der Waals surface area (Å²) in [5, 5.41) is 3.23. The van der Waals surface area contributed by atoms with Crippen molar-refractivity contribution in [2.45, 2.75) is 32.6 Å². The molecule has 1 amide bonds. The summed E-state index contributed by atoms with van der Waals surface area (Å²) in [5.74, 6) is 2.30. The van der Waals surface area contributed by atoms with Gasteiger partial charge in [0.25, 0.3) is 0 Å². The predicted molar refractivity (Wildman–Crippen MR) is 99.6 cm³/mol. The monoisotopic (exact) mass is 340 g/mol. The minimum absolute atomic E-state index is 0.190. The van der Waals surface area contributed by atoms with Crippen LogP contribution in [0.3, 0.4) is 0 Å². The predicted octanol–water partition coefficient (Wildman–Crippen LogP) is 2.93. The summed E-state index contributed by atoms with van der Waals surface area (Å²) in [6.45, 7) is 4.91. The van der Waals surface area contributed by atoms with Crippen molar-refractivity contribution in [3.05, 3.63) is 30.1 Å². The molecule has 7 heteroatoms. The smallest absolute Gasteiger partial charge is 0.232 e. The van der Waals surface area contributed by atoms with Crippen LogP contribution in [-0.4, -0.2) is 41.5 Å².